The summed E-state index contributed by atoms with van der Waals surface area (Å²) < 4.78 is 2.20. The number of benzene rings is 1. The zero-order valence-electron chi connectivity index (χ0n) is 19.7. The summed E-state index contributed by atoms with van der Waals surface area (Å²) in [4.78, 5) is 26.9. The van der Waals surface area contributed by atoms with Crippen molar-refractivity contribution < 1.29 is 4.79 Å². The lowest BCUT2D eigenvalue weighted by Gasteiger charge is -2.41. The van der Waals surface area contributed by atoms with Crippen LogP contribution in [0.2, 0.25) is 0 Å². The van der Waals surface area contributed by atoms with Crippen molar-refractivity contribution in [2.24, 2.45) is 0 Å². The Bertz CT molecular complexity index is 1130. The third-order valence-electron chi connectivity index (χ3n) is 6.71. The van der Waals surface area contributed by atoms with Crippen LogP contribution in [0.5, 0.6) is 0 Å². The number of carbonyl (C=O) groups is 1. The van der Waals surface area contributed by atoms with E-state index >= 15 is 0 Å². The lowest BCUT2D eigenvalue weighted by molar-refractivity contribution is -0.117. The summed E-state index contributed by atoms with van der Waals surface area (Å²) in [6.07, 6.45) is 3.95. The van der Waals surface area contributed by atoms with E-state index in [0.29, 0.717) is 0 Å². The molecule has 3 aromatic rings. The second-order valence-corrected chi connectivity index (χ2v) is 9.13. The fourth-order valence-corrected chi connectivity index (χ4v) is 5.04. The van der Waals surface area contributed by atoms with Gasteiger partial charge in [-0.1, -0.05) is 18.2 Å². The second-order valence-electron chi connectivity index (χ2n) is 9.13. The summed E-state index contributed by atoms with van der Waals surface area (Å²) in [5.41, 5.74) is 4.12. The van der Waals surface area contributed by atoms with Crippen molar-refractivity contribution in [3.8, 4) is 5.69 Å². The van der Waals surface area contributed by atoms with Crippen LogP contribution in [0.3, 0.4) is 0 Å². The normalized spacial score (nSPS) is 18.4. The SMILES string of the molecule is CC(=O)N1c2ccccc2-n2cccc2C1c1cccnc1N1CCN(CCN(C)C)CC1. The number of anilines is 2. The molecule has 7 nitrogen and oxygen atoms in total. The Hall–Kier alpha value is -3.16. The zero-order chi connectivity index (χ0) is 22.9. The minimum absolute atomic E-state index is 0.0307. The summed E-state index contributed by atoms with van der Waals surface area (Å²) in [6.45, 7) is 7.71. The third-order valence-corrected chi connectivity index (χ3v) is 6.71. The van der Waals surface area contributed by atoms with Crippen molar-refractivity contribution in [1.29, 1.82) is 0 Å². The van der Waals surface area contributed by atoms with Crippen LogP contribution in [0.15, 0.2) is 60.9 Å². The fraction of sp³-hybridized carbons (Fsp3) is 0.385. The van der Waals surface area contributed by atoms with Gasteiger partial charge in [0.15, 0.2) is 0 Å². The topological polar surface area (TPSA) is 47.9 Å². The Morgan fingerprint density at radius 2 is 1.76 bits per heavy atom. The van der Waals surface area contributed by atoms with Gasteiger partial charge in [0.1, 0.15) is 11.9 Å². The summed E-state index contributed by atoms with van der Waals surface area (Å²) in [5.74, 6) is 1.01. The van der Waals surface area contributed by atoms with Gasteiger partial charge >= 0.3 is 0 Å². The molecule has 0 radical (unpaired) electrons. The number of likely N-dealkylation sites (N-methyl/N-ethyl adjacent to an activating group) is 1. The highest BCUT2D eigenvalue weighted by molar-refractivity contribution is 5.96. The molecule has 1 saturated heterocycles. The molecule has 2 aliphatic heterocycles. The number of hydrogen-bond acceptors (Lipinski definition) is 5. The number of carbonyl (C=O) groups excluding carboxylic acids is 1. The van der Waals surface area contributed by atoms with Crippen molar-refractivity contribution in [2.45, 2.75) is 13.0 Å². The monoisotopic (exact) mass is 444 g/mol. The van der Waals surface area contributed by atoms with E-state index in [-0.39, 0.29) is 11.9 Å². The smallest absolute Gasteiger partial charge is 0.224 e. The molecule has 7 heteroatoms. The molecule has 2 aromatic heterocycles. The Labute approximate surface area is 195 Å². The molecular formula is C26H32N6O. The van der Waals surface area contributed by atoms with Crippen molar-refractivity contribution in [3.05, 3.63) is 72.2 Å². The van der Waals surface area contributed by atoms with Gasteiger partial charge < -0.3 is 14.4 Å². The molecule has 4 heterocycles. The van der Waals surface area contributed by atoms with Gasteiger partial charge in [0.05, 0.1) is 17.1 Å². The van der Waals surface area contributed by atoms with Crippen LogP contribution in [0.1, 0.15) is 24.2 Å². The predicted octanol–water partition coefficient (Wildman–Crippen LogP) is 3.01. The average Bonchev–Trinajstić information content (AvgIpc) is 3.32. The number of nitrogens with zero attached hydrogens (tertiary/aromatic N) is 6. The van der Waals surface area contributed by atoms with E-state index in [2.05, 4.69) is 63.8 Å². The van der Waals surface area contributed by atoms with Gasteiger partial charge in [-0.2, -0.15) is 0 Å². The first-order chi connectivity index (χ1) is 16.0. The molecule has 0 aliphatic carbocycles. The largest absolute Gasteiger partial charge is 0.354 e. The van der Waals surface area contributed by atoms with E-state index in [9.17, 15) is 4.79 Å². The molecule has 33 heavy (non-hydrogen) atoms. The summed E-state index contributed by atoms with van der Waals surface area (Å²) in [7, 11) is 4.24. The molecule has 1 atom stereocenters. The van der Waals surface area contributed by atoms with Gasteiger partial charge in [0.25, 0.3) is 0 Å². The van der Waals surface area contributed by atoms with Crippen LogP contribution in [-0.4, -0.2) is 78.6 Å². The molecule has 1 fully saturated rings. The van der Waals surface area contributed by atoms with Gasteiger partial charge in [-0.05, 0) is 44.4 Å². The number of pyridine rings is 1. The standard InChI is InChI=1S/C26H32N6O/c1-20(33)32-23-10-5-4-9-22(23)31-13-7-11-24(31)25(32)21-8-6-12-27-26(21)30-18-16-29(17-19-30)15-14-28(2)3/h4-13,25H,14-19H2,1-3H3. The summed E-state index contributed by atoms with van der Waals surface area (Å²) in [6, 6.07) is 16.2. The Morgan fingerprint density at radius 3 is 2.48 bits per heavy atom. The number of para-hydroxylation sites is 2. The molecule has 5 rings (SSSR count). The van der Waals surface area contributed by atoms with Gasteiger partial charge in [-0.25, -0.2) is 4.98 Å². The van der Waals surface area contributed by atoms with Crippen LogP contribution >= 0.6 is 0 Å². The number of rotatable bonds is 5. The van der Waals surface area contributed by atoms with E-state index in [0.717, 1.165) is 67.7 Å². The second kappa shape index (κ2) is 9.00. The van der Waals surface area contributed by atoms with Gasteiger partial charge in [-0.15, -0.1) is 0 Å². The van der Waals surface area contributed by atoms with E-state index < -0.39 is 0 Å². The lowest BCUT2D eigenvalue weighted by atomic mass is 9.97. The van der Waals surface area contributed by atoms with Crippen LogP contribution in [-0.2, 0) is 4.79 Å². The van der Waals surface area contributed by atoms with Crippen LogP contribution < -0.4 is 9.80 Å². The first-order valence-electron chi connectivity index (χ1n) is 11.7. The Morgan fingerprint density at radius 1 is 1.00 bits per heavy atom. The average molecular weight is 445 g/mol. The van der Waals surface area contributed by atoms with E-state index in [1.807, 2.05) is 35.4 Å². The van der Waals surface area contributed by atoms with Crippen molar-refractivity contribution in [2.75, 3.05) is 63.2 Å². The fourth-order valence-electron chi connectivity index (χ4n) is 5.04. The first kappa shape index (κ1) is 21.7. The van der Waals surface area contributed by atoms with E-state index in [1.54, 1.807) is 6.92 Å². The molecule has 1 unspecified atom stereocenters. The van der Waals surface area contributed by atoms with E-state index in [4.69, 9.17) is 4.98 Å². The van der Waals surface area contributed by atoms with Crippen LogP contribution in [0.25, 0.3) is 5.69 Å². The first-order valence-corrected chi connectivity index (χ1v) is 11.7. The third kappa shape index (κ3) is 4.03. The number of hydrogen-bond donors (Lipinski definition) is 0. The maximum Gasteiger partial charge on any atom is 0.224 e. The minimum atomic E-state index is -0.220. The molecule has 1 aromatic carbocycles. The summed E-state index contributed by atoms with van der Waals surface area (Å²) >= 11 is 0. The van der Waals surface area contributed by atoms with Gasteiger partial charge in [-0.3, -0.25) is 14.6 Å². The molecular weight excluding hydrogens is 412 g/mol. The molecule has 2 aliphatic rings. The van der Waals surface area contributed by atoms with Crippen LogP contribution in [0, 0.1) is 0 Å². The Kier molecular flexibility index (Phi) is 5.91. The maximum absolute atomic E-state index is 13.0. The molecule has 0 N–H and O–H groups in total. The van der Waals surface area contributed by atoms with Crippen molar-refractivity contribution in [3.63, 3.8) is 0 Å². The molecule has 172 valence electrons. The maximum atomic E-state index is 13.0. The Balaban J connectivity index is 1.50. The number of aromatic nitrogens is 2. The highest BCUT2D eigenvalue weighted by Crippen LogP contribution is 2.44. The predicted molar refractivity (Wildman–Crippen MR) is 132 cm³/mol. The highest BCUT2D eigenvalue weighted by Gasteiger charge is 2.37. The van der Waals surface area contributed by atoms with Gasteiger partial charge in [0.2, 0.25) is 5.91 Å². The lowest BCUT2D eigenvalue weighted by Crippen LogP contribution is -2.49. The van der Waals surface area contributed by atoms with Gasteiger partial charge in [0, 0.05) is 64.1 Å². The van der Waals surface area contributed by atoms with E-state index in [1.165, 1.54) is 0 Å². The quantitative estimate of drug-likeness (QED) is 0.606. The zero-order valence-corrected chi connectivity index (χ0v) is 19.7. The molecule has 1 amide bonds. The van der Waals surface area contributed by atoms with Crippen LogP contribution in [0.4, 0.5) is 11.5 Å². The number of piperazine rings is 1. The summed E-state index contributed by atoms with van der Waals surface area (Å²) in [5, 5.41) is 0. The molecule has 0 bridgehead atoms. The molecule has 0 saturated carbocycles. The number of fused-ring (bicyclic) bond motifs is 3. The minimum Gasteiger partial charge on any atom is -0.354 e. The number of amides is 1. The van der Waals surface area contributed by atoms with Crippen molar-refractivity contribution in [1.82, 2.24) is 19.4 Å². The highest BCUT2D eigenvalue weighted by atomic mass is 16.2. The van der Waals surface area contributed by atoms with Crippen molar-refractivity contribution >= 4 is 17.4 Å². The molecule has 0 spiro atoms.